The van der Waals surface area contributed by atoms with Crippen LogP contribution < -0.4 is 0 Å². The molecule has 0 bridgehead atoms. The fourth-order valence-corrected chi connectivity index (χ4v) is 8.43. The standard InChI is InChI=1S/C48H30N2O/c1-3-15-31(16-4-1)33-29-30-36-34-19-7-10-24-40(34)49(32-17-5-2-6-18-32)47(36)46(33)39-23-14-26-42-45(39)38-21-8-11-25-41(38)50(42)43-27-13-22-37-35-20-9-12-28-44(35)51-48(37)43/h1-30H. The molecule has 0 fully saturated rings. The molecule has 0 atom stereocenters. The molecule has 0 saturated carbocycles. The van der Waals surface area contributed by atoms with Crippen LogP contribution in [-0.2, 0) is 0 Å². The molecule has 238 valence electrons. The summed E-state index contributed by atoms with van der Waals surface area (Å²) in [6.45, 7) is 0. The smallest absolute Gasteiger partial charge is 0.159 e. The lowest BCUT2D eigenvalue weighted by molar-refractivity contribution is 0.666. The van der Waals surface area contributed by atoms with E-state index >= 15 is 0 Å². The summed E-state index contributed by atoms with van der Waals surface area (Å²) < 4.78 is 11.5. The molecule has 0 aliphatic rings. The van der Waals surface area contributed by atoms with Crippen molar-refractivity contribution in [3.63, 3.8) is 0 Å². The van der Waals surface area contributed by atoms with Gasteiger partial charge < -0.3 is 13.6 Å². The van der Waals surface area contributed by atoms with E-state index < -0.39 is 0 Å². The summed E-state index contributed by atoms with van der Waals surface area (Å²) in [5.74, 6) is 0. The van der Waals surface area contributed by atoms with Crippen molar-refractivity contribution in [2.45, 2.75) is 0 Å². The van der Waals surface area contributed by atoms with Crippen LogP contribution in [0.1, 0.15) is 0 Å². The fourth-order valence-electron chi connectivity index (χ4n) is 8.43. The van der Waals surface area contributed by atoms with E-state index in [2.05, 4.69) is 185 Å². The van der Waals surface area contributed by atoms with Gasteiger partial charge in [-0.1, -0.05) is 140 Å². The molecule has 3 nitrogen and oxygen atoms in total. The van der Waals surface area contributed by atoms with Crippen LogP contribution in [0.2, 0.25) is 0 Å². The average Bonchev–Trinajstić information content (AvgIpc) is 3.86. The molecule has 3 heteroatoms. The van der Waals surface area contributed by atoms with Crippen molar-refractivity contribution in [1.29, 1.82) is 0 Å². The Balaban J connectivity index is 1.33. The van der Waals surface area contributed by atoms with E-state index in [1.54, 1.807) is 0 Å². The lowest BCUT2D eigenvalue weighted by Gasteiger charge is -2.17. The third-order valence-electron chi connectivity index (χ3n) is 10.5. The third-order valence-corrected chi connectivity index (χ3v) is 10.5. The van der Waals surface area contributed by atoms with Crippen LogP contribution in [0, 0.1) is 0 Å². The Morgan fingerprint density at radius 3 is 1.82 bits per heavy atom. The fraction of sp³-hybridized carbons (Fsp3) is 0. The number of nitrogens with zero attached hydrogens (tertiary/aromatic N) is 2. The van der Waals surface area contributed by atoms with Gasteiger partial charge in [0.25, 0.3) is 0 Å². The zero-order valence-electron chi connectivity index (χ0n) is 27.6. The summed E-state index contributed by atoms with van der Waals surface area (Å²) in [5, 5.41) is 7.14. The molecule has 0 radical (unpaired) electrons. The summed E-state index contributed by atoms with van der Waals surface area (Å²) in [7, 11) is 0. The minimum atomic E-state index is 0.892. The van der Waals surface area contributed by atoms with Crippen LogP contribution in [0.3, 0.4) is 0 Å². The normalized spacial score (nSPS) is 11.9. The number of fused-ring (bicyclic) bond motifs is 9. The van der Waals surface area contributed by atoms with Gasteiger partial charge in [-0.15, -0.1) is 0 Å². The predicted molar refractivity (Wildman–Crippen MR) is 213 cm³/mol. The van der Waals surface area contributed by atoms with Crippen LogP contribution in [-0.4, -0.2) is 9.13 Å². The SMILES string of the molecule is c1ccc(-c2ccc3c4ccccc4n(-c4ccccc4)c3c2-c2cccc3c2c2ccccc2n3-c2cccc3c2oc2ccccc23)cc1. The Morgan fingerprint density at radius 2 is 1.00 bits per heavy atom. The minimum Gasteiger partial charge on any atom is -0.454 e. The summed E-state index contributed by atoms with van der Waals surface area (Å²) in [6.07, 6.45) is 0. The van der Waals surface area contributed by atoms with E-state index in [0.717, 1.165) is 44.3 Å². The summed E-state index contributed by atoms with van der Waals surface area (Å²) in [4.78, 5) is 0. The molecule has 51 heavy (non-hydrogen) atoms. The van der Waals surface area contributed by atoms with Gasteiger partial charge in [-0.3, -0.25) is 0 Å². The molecule has 3 heterocycles. The van der Waals surface area contributed by atoms with Crippen LogP contribution in [0.25, 0.3) is 99.2 Å². The molecule has 3 aromatic heterocycles. The molecule has 0 spiro atoms. The monoisotopic (exact) mass is 650 g/mol. The van der Waals surface area contributed by atoms with Gasteiger partial charge in [-0.25, -0.2) is 0 Å². The number of para-hydroxylation sites is 5. The van der Waals surface area contributed by atoms with E-state index in [9.17, 15) is 0 Å². The molecular weight excluding hydrogens is 621 g/mol. The largest absolute Gasteiger partial charge is 0.454 e. The molecule has 0 aliphatic heterocycles. The van der Waals surface area contributed by atoms with Gasteiger partial charge in [-0.2, -0.15) is 0 Å². The van der Waals surface area contributed by atoms with Crippen molar-refractivity contribution >= 4 is 65.6 Å². The second-order valence-corrected chi connectivity index (χ2v) is 13.2. The number of aromatic nitrogens is 2. The first-order chi connectivity index (χ1) is 25.3. The van der Waals surface area contributed by atoms with Crippen LogP contribution >= 0.6 is 0 Å². The summed E-state index contributed by atoms with van der Waals surface area (Å²) in [5.41, 5.74) is 13.4. The van der Waals surface area contributed by atoms with Gasteiger partial charge in [0, 0.05) is 43.6 Å². The van der Waals surface area contributed by atoms with Crippen molar-refractivity contribution in [2.24, 2.45) is 0 Å². The van der Waals surface area contributed by atoms with Crippen LogP contribution in [0.15, 0.2) is 186 Å². The third kappa shape index (κ3) is 4.00. The molecule has 0 unspecified atom stereocenters. The zero-order valence-corrected chi connectivity index (χ0v) is 27.6. The second-order valence-electron chi connectivity index (χ2n) is 13.2. The number of hydrogen-bond acceptors (Lipinski definition) is 1. The molecule has 0 aliphatic carbocycles. The van der Waals surface area contributed by atoms with Crippen molar-refractivity contribution in [3.05, 3.63) is 182 Å². The van der Waals surface area contributed by atoms with Crippen molar-refractivity contribution < 1.29 is 4.42 Å². The first-order valence-electron chi connectivity index (χ1n) is 17.5. The second kappa shape index (κ2) is 10.8. The lowest BCUT2D eigenvalue weighted by Crippen LogP contribution is -1.97. The highest BCUT2D eigenvalue weighted by Gasteiger charge is 2.24. The highest BCUT2D eigenvalue weighted by atomic mass is 16.3. The molecule has 0 saturated heterocycles. The highest BCUT2D eigenvalue weighted by molar-refractivity contribution is 6.23. The van der Waals surface area contributed by atoms with Gasteiger partial charge in [0.1, 0.15) is 5.58 Å². The van der Waals surface area contributed by atoms with Crippen LogP contribution in [0.5, 0.6) is 0 Å². The van der Waals surface area contributed by atoms with Gasteiger partial charge >= 0.3 is 0 Å². The van der Waals surface area contributed by atoms with Gasteiger partial charge in [-0.05, 0) is 59.2 Å². The summed E-state index contributed by atoms with van der Waals surface area (Å²) in [6, 6.07) is 65.4. The molecule has 11 rings (SSSR count). The topological polar surface area (TPSA) is 23.0 Å². The van der Waals surface area contributed by atoms with Gasteiger partial charge in [0.15, 0.2) is 5.58 Å². The molecule has 11 aromatic rings. The molecule has 8 aromatic carbocycles. The Hall–Kier alpha value is -6.84. The van der Waals surface area contributed by atoms with E-state index in [0.29, 0.717) is 0 Å². The quantitative estimate of drug-likeness (QED) is 0.186. The number of hydrogen-bond donors (Lipinski definition) is 0. The van der Waals surface area contributed by atoms with Crippen molar-refractivity contribution in [1.82, 2.24) is 9.13 Å². The van der Waals surface area contributed by atoms with Crippen LogP contribution in [0.4, 0.5) is 0 Å². The van der Waals surface area contributed by atoms with Gasteiger partial charge in [0.2, 0.25) is 0 Å². The Labute approximate surface area is 293 Å². The number of benzene rings is 8. The predicted octanol–water partition coefficient (Wildman–Crippen LogP) is 13.1. The number of rotatable bonds is 4. The van der Waals surface area contributed by atoms with E-state index in [1.165, 1.54) is 54.8 Å². The minimum absolute atomic E-state index is 0.892. The number of furan rings is 1. The first-order valence-corrected chi connectivity index (χ1v) is 17.5. The maximum atomic E-state index is 6.63. The Kier molecular flexibility index (Phi) is 5.96. The van der Waals surface area contributed by atoms with E-state index in [4.69, 9.17) is 4.42 Å². The lowest BCUT2D eigenvalue weighted by atomic mass is 9.89. The van der Waals surface area contributed by atoms with E-state index in [1.807, 2.05) is 6.07 Å². The zero-order chi connectivity index (χ0) is 33.5. The molecule has 0 amide bonds. The summed E-state index contributed by atoms with van der Waals surface area (Å²) >= 11 is 0. The van der Waals surface area contributed by atoms with E-state index in [-0.39, 0.29) is 0 Å². The molecule has 0 N–H and O–H groups in total. The highest BCUT2D eigenvalue weighted by Crippen LogP contribution is 2.48. The Morgan fingerprint density at radius 1 is 0.373 bits per heavy atom. The first kappa shape index (κ1) is 28.0. The maximum Gasteiger partial charge on any atom is 0.159 e. The average molecular weight is 651 g/mol. The van der Waals surface area contributed by atoms with Gasteiger partial charge in [0.05, 0.1) is 27.8 Å². The molecular formula is C48H30N2O. The van der Waals surface area contributed by atoms with Crippen molar-refractivity contribution in [2.75, 3.05) is 0 Å². The Bertz CT molecular complexity index is 3130. The maximum absolute atomic E-state index is 6.63. The van der Waals surface area contributed by atoms with Crippen molar-refractivity contribution in [3.8, 4) is 33.6 Å².